The van der Waals surface area contributed by atoms with E-state index < -0.39 is 5.97 Å². The first-order valence-corrected chi connectivity index (χ1v) is 7.05. The van der Waals surface area contributed by atoms with Crippen LogP contribution in [0, 0.1) is 0 Å². The Balaban J connectivity index is 2.48. The number of carbonyl (C=O) groups is 1. The summed E-state index contributed by atoms with van der Waals surface area (Å²) in [5.74, 6) is 0.0716. The fourth-order valence-electron chi connectivity index (χ4n) is 1.91. The second kappa shape index (κ2) is 8.48. The van der Waals surface area contributed by atoms with Crippen molar-refractivity contribution in [2.75, 3.05) is 28.4 Å². The van der Waals surface area contributed by atoms with E-state index in [4.69, 9.17) is 18.9 Å². The quantitative estimate of drug-likeness (QED) is 0.426. The van der Waals surface area contributed by atoms with Gasteiger partial charge in [0.05, 0.1) is 33.6 Å². The second-order valence-electron chi connectivity index (χ2n) is 4.47. The standard InChI is InChI=1S/C16H17N3O6/c1-21-12-8-13(22-2)19-16(18-12)25-11-7-5-6-10(9-17-24-4)14(11)15(20)23-3/h5-9H,1-4H3/b17-9+. The van der Waals surface area contributed by atoms with E-state index in [1.807, 2.05) is 0 Å². The van der Waals surface area contributed by atoms with Gasteiger partial charge in [-0.2, -0.15) is 9.97 Å². The molecule has 0 spiro atoms. The van der Waals surface area contributed by atoms with E-state index in [1.165, 1.54) is 40.7 Å². The zero-order valence-electron chi connectivity index (χ0n) is 14.2. The van der Waals surface area contributed by atoms with Crippen molar-refractivity contribution in [3.05, 3.63) is 35.4 Å². The highest BCUT2D eigenvalue weighted by atomic mass is 16.6. The van der Waals surface area contributed by atoms with Crippen LogP contribution in [0.1, 0.15) is 15.9 Å². The van der Waals surface area contributed by atoms with Gasteiger partial charge in [0.1, 0.15) is 18.4 Å². The third kappa shape index (κ3) is 4.34. The molecule has 25 heavy (non-hydrogen) atoms. The summed E-state index contributed by atoms with van der Waals surface area (Å²) >= 11 is 0. The van der Waals surface area contributed by atoms with Gasteiger partial charge in [0, 0.05) is 5.56 Å². The predicted molar refractivity (Wildman–Crippen MR) is 87.6 cm³/mol. The lowest BCUT2D eigenvalue weighted by Gasteiger charge is -2.12. The topological polar surface area (TPSA) is 101 Å². The molecule has 0 unspecified atom stereocenters. The molecule has 0 N–H and O–H groups in total. The van der Waals surface area contributed by atoms with Crippen LogP contribution in [0.4, 0.5) is 0 Å². The van der Waals surface area contributed by atoms with Gasteiger partial charge < -0.3 is 23.8 Å². The van der Waals surface area contributed by atoms with E-state index in [1.54, 1.807) is 18.2 Å². The maximum absolute atomic E-state index is 12.2. The van der Waals surface area contributed by atoms with Crippen LogP contribution in [0.15, 0.2) is 29.4 Å². The summed E-state index contributed by atoms with van der Waals surface area (Å²) in [7, 11) is 5.56. The predicted octanol–water partition coefficient (Wildman–Crippen LogP) is 2.05. The first-order valence-electron chi connectivity index (χ1n) is 7.05. The molecule has 0 atom stereocenters. The summed E-state index contributed by atoms with van der Waals surface area (Å²) in [6.45, 7) is 0. The summed E-state index contributed by atoms with van der Waals surface area (Å²) in [4.78, 5) is 24.9. The number of esters is 1. The molecule has 0 radical (unpaired) electrons. The van der Waals surface area contributed by atoms with Crippen LogP contribution in [-0.2, 0) is 9.57 Å². The number of aromatic nitrogens is 2. The molecule has 0 fully saturated rings. The van der Waals surface area contributed by atoms with Gasteiger partial charge in [-0.25, -0.2) is 4.79 Å². The molecule has 0 saturated carbocycles. The summed E-state index contributed by atoms with van der Waals surface area (Å²) in [6.07, 6.45) is 1.37. The number of oxime groups is 1. The van der Waals surface area contributed by atoms with Gasteiger partial charge >= 0.3 is 12.0 Å². The van der Waals surface area contributed by atoms with Gasteiger partial charge in [0.15, 0.2) is 0 Å². The lowest BCUT2D eigenvalue weighted by Crippen LogP contribution is -2.09. The average Bonchev–Trinajstić information content (AvgIpc) is 2.65. The third-order valence-corrected chi connectivity index (χ3v) is 3.02. The molecule has 0 aliphatic carbocycles. The smallest absolute Gasteiger partial charge is 0.342 e. The highest BCUT2D eigenvalue weighted by molar-refractivity contribution is 6.01. The van der Waals surface area contributed by atoms with Crippen LogP contribution in [0.25, 0.3) is 0 Å². The normalized spacial score (nSPS) is 10.4. The average molecular weight is 347 g/mol. The molecule has 132 valence electrons. The van der Waals surface area contributed by atoms with E-state index >= 15 is 0 Å². The van der Waals surface area contributed by atoms with Gasteiger partial charge in [-0.1, -0.05) is 17.3 Å². The zero-order chi connectivity index (χ0) is 18.2. The molecule has 9 nitrogen and oxygen atoms in total. The summed E-state index contributed by atoms with van der Waals surface area (Å²) in [5, 5.41) is 3.66. The van der Waals surface area contributed by atoms with Gasteiger partial charge in [-0.3, -0.25) is 0 Å². The van der Waals surface area contributed by atoms with Crippen molar-refractivity contribution in [1.82, 2.24) is 9.97 Å². The molecular formula is C16H17N3O6. The molecule has 2 aromatic rings. The molecule has 2 rings (SSSR count). The van der Waals surface area contributed by atoms with Crippen molar-refractivity contribution in [2.24, 2.45) is 5.16 Å². The maximum atomic E-state index is 12.2. The van der Waals surface area contributed by atoms with Crippen molar-refractivity contribution in [1.29, 1.82) is 0 Å². The van der Waals surface area contributed by atoms with Gasteiger partial charge in [-0.15, -0.1) is 0 Å². The molecule has 0 bridgehead atoms. The van der Waals surface area contributed by atoms with Crippen LogP contribution >= 0.6 is 0 Å². The van der Waals surface area contributed by atoms with Crippen molar-refractivity contribution in [2.45, 2.75) is 0 Å². The fourth-order valence-corrected chi connectivity index (χ4v) is 1.91. The number of carbonyl (C=O) groups excluding carboxylic acids is 1. The van der Waals surface area contributed by atoms with E-state index in [9.17, 15) is 4.79 Å². The number of rotatable bonds is 7. The molecule has 0 saturated heterocycles. The van der Waals surface area contributed by atoms with Crippen molar-refractivity contribution in [3.8, 4) is 23.5 Å². The van der Waals surface area contributed by atoms with Gasteiger partial charge in [-0.05, 0) is 6.07 Å². The second-order valence-corrected chi connectivity index (χ2v) is 4.47. The lowest BCUT2D eigenvalue weighted by atomic mass is 10.1. The molecular weight excluding hydrogens is 330 g/mol. The highest BCUT2D eigenvalue weighted by Gasteiger charge is 2.19. The minimum atomic E-state index is -0.608. The Morgan fingerprint density at radius 3 is 2.32 bits per heavy atom. The first-order chi connectivity index (χ1) is 12.1. The number of ether oxygens (including phenoxy) is 4. The van der Waals surface area contributed by atoms with Crippen LogP contribution < -0.4 is 14.2 Å². The van der Waals surface area contributed by atoms with E-state index in [2.05, 4.69) is 20.0 Å². The van der Waals surface area contributed by atoms with Gasteiger partial charge in [0.25, 0.3) is 0 Å². The molecule has 1 heterocycles. The molecule has 0 amide bonds. The largest absolute Gasteiger partial charge is 0.481 e. The van der Waals surface area contributed by atoms with Crippen LogP contribution in [0.5, 0.6) is 23.5 Å². The van der Waals surface area contributed by atoms with E-state index in [0.717, 1.165) is 0 Å². The third-order valence-electron chi connectivity index (χ3n) is 3.02. The SMILES string of the molecule is CO/N=C/c1cccc(Oc2nc(OC)cc(OC)n2)c1C(=O)OC. The van der Waals surface area contributed by atoms with E-state index in [-0.39, 0.29) is 29.1 Å². The minimum absolute atomic E-state index is 0.0535. The zero-order valence-corrected chi connectivity index (χ0v) is 14.2. The Labute approximate surface area is 144 Å². The Morgan fingerprint density at radius 2 is 1.76 bits per heavy atom. The lowest BCUT2D eigenvalue weighted by molar-refractivity contribution is 0.0597. The Bertz CT molecular complexity index is 756. The number of nitrogens with zero attached hydrogens (tertiary/aromatic N) is 3. The van der Waals surface area contributed by atoms with Crippen LogP contribution in [0.2, 0.25) is 0 Å². The maximum Gasteiger partial charge on any atom is 0.342 e. The van der Waals surface area contributed by atoms with Crippen molar-refractivity contribution >= 4 is 12.2 Å². The van der Waals surface area contributed by atoms with Gasteiger partial charge in [0.2, 0.25) is 11.8 Å². The Hall–Kier alpha value is -3.36. The minimum Gasteiger partial charge on any atom is -0.481 e. The highest BCUT2D eigenvalue weighted by Crippen LogP contribution is 2.28. The molecule has 1 aromatic heterocycles. The van der Waals surface area contributed by atoms with Crippen LogP contribution in [-0.4, -0.2) is 50.6 Å². The first kappa shape index (κ1) is 18.0. The number of hydrogen-bond acceptors (Lipinski definition) is 9. The van der Waals surface area contributed by atoms with Crippen LogP contribution in [0.3, 0.4) is 0 Å². The molecule has 0 aliphatic heterocycles. The number of hydrogen-bond donors (Lipinski definition) is 0. The summed E-state index contributed by atoms with van der Waals surface area (Å²) < 4.78 is 20.6. The summed E-state index contributed by atoms with van der Waals surface area (Å²) in [6, 6.07) is 6.36. The van der Waals surface area contributed by atoms with Crippen molar-refractivity contribution in [3.63, 3.8) is 0 Å². The fraction of sp³-hybridized carbons (Fsp3) is 0.250. The Morgan fingerprint density at radius 1 is 1.08 bits per heavy atom. The Kier molecular flexibility index (Phi) is 6.10. The monoisotopic (exact) mass is 347 g/mol. The van der Waals surface area contributed by atoms with Crippen molar-refractivity contribution < 1.29 is 28.6 Å². The number of benzene rings is 1. The number of methoxy groups -OCH3 is 3. The molecule has 0 aliphatic rings. The molecule has 9 heteroatoms. The molecule has 1 aromatic carbocycles. The summed E-state index contributed by atoms with van der Waals surface area (Å²) in [5.41, 5.74) is 0.595. The van der Waals surface area contributed by atoms with E-state index in [0.29, 0.717) is 5.56 Å².